The lowest BCUT2D eigenvalue weighted by molar-refractivity contribution is 0.514. The van der Waals surface area contributed by atoms with Crippen LogP contribution < -0.4 is 5.32 Å². The third-order valence-corrected chi connectivity index (χ3v) is 2.82. The summed E-state index contributed by atoms with van der Waals surface area (Å²) < 4.78 is 2.25. The minimum absolute atomic E-state index is 0.751. The van der Waals surface area contributed by atoms with Crippen molar-refractivity contribution >= 4 is 22.6 Å². The van der Waals surface area contributed by atoms with Crippen molar-refractivity contribution in [2.75, 3.05) is 6.54 Å². The maximum atomic E-state index is 5.92. The summed E-state index contributed by atoms with van der Waals surface area (Å²) in [5.74, 6) is 1.11. The first-order valence-electron chi connectivity index (χ1n) is 4.70. The summed E-state index contributed by atoms with van der Waals surface area (Å²) in [5.41, 5.74) is 2.18. The second-order valence-electron chi connectivity index (χ2n) is 3.49. The van der Waals surface area contributed by atoms with Gasteiger partial charge in [0.05, 0.1) is 17.6 Å². The Morgan fingerprint density at radius 1 is 1.43 bits per heavy atom. The van der Waals surface area contributed by atoms with Crippen molar-refractivity contribution in [1.29, 1.82) is 0 Å². The molecule has 3 nitrogen and oxygen atoms in total. The number of aromatic nitrogens is 2. The smallest absolute Gasteiger partial charge is 0.123 e. The molecule has 2 aromatic rings. The summed E-state index contributed by atoms with van der Waals surface area (Å²) >= 11 is 5.92. The van der Waals surface area contributed by atoms with Gasteiger partial charge in [-0.15, -0.1) is 0 Å². The van der Waals surface area contributed by atoms with E-state index in [-0.39, 0.29) is 0 Å². The van der Waals surface area contributed by atoms with Gasteiger partial charge in [0.1, 0.15) is 5.82 Å². The molecule has 0 atom stereocenters. The number of imidazole rings is 1. The van der Waals surface area contributed by atoms with Crippen LogP contribution in [0.5, 0.6) is 0 Å². The predicted octanol–water partition coefficient (Wildman–Crippen LogP) is 1.79. The van der Waals surface area contributed by atoms with Crippen molar-refractivity contribution in [2.24, 2.45) is 0 Å². The van der Waals surface area contributed by atoms with Crippen LogP contribution in [0.15, 0.2) is 18.2 Å². The lowest BCUT2D eigenvalue weighted by Gasteiger charge is -2.15. The average molecular weight is 208 g/mol. The van der Waals surface area contributed by atoms with Gasteiger partial charge < -0.3 is 9.88 Å². The Morgan fingerprint density at radius 3 is 3.29 bits per heavy atom. The SMILES string of the molecule is Clc1ccc2c(c1)nc1n2CCNC1. The van der Waals surface area contributed by atoms with Crippen LogP contribution in [0.2, 0.25) is 5.02 Å². The molecule has 1 aromatic heterocycles. The normalized spacial score (nSPS) is 15.8. The molecule has 3 rings (SSSR count). The molecule has 1 aliphatic heterocycles. The van der Waals surface area contributed by atoms with E-state index < -0.39 is 0 Å². The molecular formula is C10H10ClN3. The summed E-state index contributed by atoms with van der Waals surface area (Å²) in [5, 5.41) is 4.05. The molecule has 0 amide bonds. The van der Waals surface area contributed by atoms with Gasteiger partial charge in [-0.3, -0.25) is 0 Å². The Balaban J connectivity index is 2.31. The van der Waals surface area contributed by atoms with Crippen molar-refractivity contribution in [1.82, 2.24) is 14.9 Å². The van der Waals surface area contributed by atoms with E-state index in [4.69, 9.17) is 11.6 Å². The van der Waals surface area contributed by atoms with Crippen LogP contribution in [-0.4, -0.2) is 16.1 Å². The number of rotatable bonds is 0. The Labute approximate surface area is 86.7 Å². The minimum atomic E-state index is 0.751. The van der Waals surface area contributed by atoms with E-state index in [0.29, 0.717) is 0 Å². The Morgan fingerprint density at radius 2 is 2.36 bits per heavy atom. The van der Waals surface area contributed by atoms with E-state index in [2.05, 4.69) is 14.9 Å². The third kappa shape index (κ3) is 1.13. The van der Waals surface area contributed by atoms with Gasteiger partial charge in [0.2, 0.25) is 0 Å². The summed E-state index contributed by atoms with van der Waals surface area (Å²) in [6.45, 7) is 2.86. The van der Waals surface area contributed by atoms with Crippen LogP contribution >= 0.6 is 11.6 Å². The monoisotopic (exact) mass is 207 g/mol. The molecule has 4 heteroatoms. The molecule has 1 N–H and O–H groups in total. The molecule has 0 saturated carbocycles. The number of nitrogens with one attached hydrogen (secondary N) is 1. The minimum Gasteiger partial charge on any atom is -0.326 e. The third-order valence-electron chi connectivity index (χ3n) is 2.58. The summed E-state index contributed by atoms with van der Waals surface area (Å²) in [7, 11) is 0. The van der Waals surface area contributed by atoms with Crippen molar-refractivity contribution in [3.63, 3.8) is 0 Å². The first-order valence-corrected chi connectivity index (χ1v) is 5.08. The maximum absolute atomic E-state index is 5.92. The zero-order chi connectivity index (χ0) is 9.54. The summed E-state index contributed by atoms with van der Waals surface area (Å²) in [6, 6.07) is 5.88. The summed E-state index contributed by atoms with van der Waals surface area (Å²) in [4.78, 5) is 4.53. The van der Waals surface area contributed by atoms with Crippen molar-refractivity contribution in [3.8, 4) is 0 Å². The van der Waals surface area contributed by atoms with E-state index in [1.165, 1.54) is 5.52 Å². The lowest BCUT2D eigenvalue weighted by atomic mass is 10.3. The van der Waals surface area contributed by atoms with E-state index in [1.807, 2.05) is 18.2 Å². The number of hydrogen-bond acceptors (Lipinski definition) is 2. The number of halogens is 1. The second-order valence-corrected chi connectivity index (χ2v) is 3.93. The Kier molecular flexibility index (Phi) is 1.75. The van der Waals surface area contributed by atoms with Crippen LogP contribution in [0, 0.1) is 0 Å². The molecule has 0 spiro atoms. The Hall–Kier alpha value is -1.06. The first-order chi connectivity index (χ1) is 6.84. The highest BCUT2D eigenvalue weighted by Gasteiger charge is 2.13. The van der Waals surface area contributed by atoms with Gasteiger partial charge in [-0.2, -0.15) is 0 Å². The highest BCUT2D eigenvalue weighted by molar-refractivity contribution is 6.31. The van der Waals surface area contributed by atoms with Crippen LogP contribution in [-0.2, 0) is 13.1 Å². The van der Waals surface area contributed by atoms with Gasteiger partial charge in [0.15, 0.2) is 0 Å². The molecule has 1 aromatic carbocycles. The van der Waals surface area contributed by atoms with Gasteiger partial charge in [-0.25, -0.2) is 4.98 Å². The summed E-state index contributed by atoms with van der Waals surface area (Å²) in [6.07, 6.45) is 0. The molecule has 0 saturated heterocycles. The zero-order valence-electron chi connectivity index (χ0n) is 7.63. The molecule has 2 heterocycles. The van der Waals surface area contributed by atoms with Gasteiger partial charge in [0, 0.05) is 18.1 Å². The quantitative estimate of drug-likeness (QED) is 0.714. The molecule has 14 heavy (non-hydrogen) atoms. The molecule has 0 aliphatic carbocycles. The van der Waals surface area contributed by atoms with Crippen molar-refractivity contribution in [3.05, 3.63) is 29.0 Å². The van der Waals surface area contributed by atoms with E-state index in [0.717, 1.165) is 36.0 Å². The highest BCUT2D eigenvalue weighted by Crippen LogP contribution is 2.21. The zero-order valence-corrected chi connectivity index (χ0v) is 8.38. The average Bonchev–Trinajstić information content (AvgIpc) is 2.54. The molecule has 0 fully saturated rings. The first kappa shape index (κ1) is 8.26. The predicted molar refractivity (Wildman–Crippen MR) is 56.4 cm³/mol. The van der Waals surface area contributed by atoms with E-state index in [1.54, 1.807) is 0 Å². The van der Waals surface area contributed by atoms with Crippen LogP contribution in [0.3, 0.4) is 0 Å². The molecule has 0 radical (unpaired) electrons. The molecule has 1 aliphatic rings. The molecule has 0 bridgehead atoms. The fraction of sp³-hybridized carbons (Fsp3) is 0.300. The largest absolute Gasteiger partial charge is 0.326 e. The highest BCUT2D eigenvalue weighted by atomic mass is 35.5. The van der Waals surface area contributed by atoms with Crippen LogP contribution in [0.1, 0.15) is 5.82 Å². The number of nitrogens with zero attached hydrogens (tertiary/aromatic N) is 2. The fourth-order valence-corrected chi connectivity index (χ4v) is 2.09. The number of hydrogen-bond donors (Lipinski definition) is 1. The topological polar surface area (TPSA) is 29.9 Å². The fourth-order valence-electron chi connectivity index (χ4n) is 1.93. The second kappa shape index (κ2) is 2.97. The van der Waals surface area contributed by atoms with Crippen molar-refractivity contribution < 1.29 is 0 Å². The maximum Gasteiger partial charge on any atom is 0.123 e. The molecule has 0 unspecified atom stereocenters. The standard InChI is InChI=1S/C10H10ClN3/c11-7-1-2-9-8(5-7)13-10-6-12-3-4-14(9)10/h1-2,5,12H,3-4,6H2. The van der Waals surface area contributed by atoms with Crippen molar-refractivity contribution in [2.45, 2.75) is 13.1 Å². The molecule has 72 valence electrons. The van der Waals surface area contributed by atoms with Crippen LogP contribution in [0.4, 0.5) is 0 Å². The van der Waals surface area contributed by atoms with Gasteiger partial charge in [-0.05, 0) is 18.2 Å². The lowest BCUT2D eigenvalue weighted by Crippen LogP contribution is -2.28. The number of fused-ring (bicyclic) bond motifs is 3. The molecular weight excluding hydrogens is 198 g/mol. The van der Waals surface area contributed by atoms with E-state index in [9.17, 15) is 0 Å². The van der Waals surface area contributed by atoms with E-state index >= 15 is 0 Å². The number of benzene rings is 1. The van der Waals surface area contributed by atoms with Gasteiger partial charge in [0.25, 0.3) is 0 Å². The van der Waals surface area contributed by atoms with Crippen LogP contribution in [0.25, 0.3) is 11.0 Å². The van der Waals surface area contributed by atoms with Gasteiger partial charge in [-0.1, -0.05) is 11.6 Å². The van der Waals surface area contributed by atoms with Gasteiger partial charge >= 0.3 is 0 Å². The Bertz CT molecular complexity index is 489.